The first-order chi connectivity index (χ1) is 10.3. The Labute approximate surface area is 140 Å². The van der Waals surface area contributed by atoms with Gasteiger partial charge in [-0.1, -0.05) is 59.3 Å². The Morgan fingerprint density at radius 2 is 1.81 bits per heavy atom. The van der Waals surface area contributed by atoms with Gasteiger partial charge >= 0.3 is 0 Å². The van der Waals surface area contributed by atoms with Crippen LogP contribution in [0.5, 0.6) is 0 Å². The predicted molar refractivity (Wildman–Crippen MR) is 97.1 cm³/mol. The Hall–Kier alpha value is -0.770. The maximum Gasteiger partial charge on any atom is 0.0372 e. The summed E-state index contributed by atoms with van der Waals surface area (Å²) in [5, 5.41) is 3.70. The first-order valence-corrected chi connectivity index (χ1v) is 9.37. The maximum atomic E-state index is 3.70. The molecule has 0 aliphatic carbocycles. The molecule has 112 valence electrons. The first kappa shape index (κ1) is 16.6. The van der Waals surface area contributed by atoms with Crippen LogP contribution in [0.25, 0.3) is 0 Å². The van der Waals surface area contributed by atoms with E-state index in [9.17, 15) is 0 Å². The summed E-state index contributed by atoms with van der Waals surface area (Å²) in [6.07, 6.45) is 4.29. The molecule has 0 bridgehead atoms. The van der Waals surface area contributed by atoms with Crippen molar-refractivity contribution in [3.05, 3.63) is 64.1 Å². The fraction of sp³-hybridized carbons (Fsp3) is 0.333. The van der Waals surface area contributed by atoms with Crippen molar-refractivity contribution in [1.29, 1.82) is 0 Å². The minimum absolute atomic E-state index is 0.354. The molecule has 0 radical (unpaired) electrons. The molecule has 1 atom stereocenters. The summed E-state index contributed by atoms with van der Waals surface area (Å²) in [6.45, 7) is 3.25. The predicted octanol–water partition coefficient (Wildman–Crippen LogP) is 5.45. The fourth-order valence-corrected chi connectivity index (χ4v) is 3.56. The standard InChI is InChI=1S/C18H22BrNS/c1-3-12-20-17(13-14-8-4-6-10-16(14)19)15-9-5-7-11-18(15)21-2/h4-11,17,20H,3,12-13H2,1-2H3. The van der Waals surface area contributed by atoms with Gasteiger partial charge in [0.05, 0.1) is 0 Å². The Kier molecular flexibility index (Phi) is 6.81. The molecule has 0 amide bonds. The van der Waals surface area contributed by atoms with E-state index in [0.717, 1.165) is 19.4 Å². The summed E-state index contributed by atoms with van der Waals surface area (Å²) in [5.41, 5.74) is 2.75. The third-order valence-electron chi connectivity index (χ3n) is 3.54. The molecule has 0 heterocycles. The fourth-order valence-electron chi connectivity index (χ4n) is 2.45. The lowest BCUT2D eigenvalue weighted by molar-refractivity contribution is 0.522. The first-order valence-electron chi connectivity index (χ1n) is 7.36. The second-order valence-electron chi connectivity index (χ2n) is 5.04. The maximum absolute atomic E-state index is 3.70. The zero-order valence-electron chi connectivity index (χ0n) is 12.6. The van der Waals surface area contributed by atoms with Crippen molar-refractivity contribution in [1.82, 2.24) is 5.32 Å². The highest BCUT2D eigenvalue weighted by Crippen LogP contribution is 2.29. The van der Waals surface area contributed by atoms with Crippen LogP contribution in [0.2, 0.25) is 0 Å². The van der Waals surface area contributed by atoms with Crippen molar-refractivity contribution < 1.29 is 0 Å². The Balaban J connectivity index is 2.28. The molecule has 3 heteroatoms. The average molecular weight is 364 g/mol. The molecule has 0 saturated carbocycles. The smallest absolute Gasteiger partial charge is 0.0372 e. The second kappa shape index (κ2) is 8.62. The van der Waals surface area contributed by atoms with E-state index in [2.05, 4.69) is 83.0 Å². The summed E-state index contributed by atoms with van der Waals surface area (Å²) in [5.74, 6) is 0. The van der Waals surface area contributed by atoms with Crippen molar-refractivity contribution >= 4 is 27.7 Å². The summed E-state index contributed by atoms with van der Waals surface area (Å²) in [6, 6.07) is 17.6. The van der Waals surface area contributed by atoms with Crippen LogP contribution in [-0.4, -0.2) is 12.8 Å². The molecule has 0 aromatic heterocycles. The van der Waals surface area contributed by atoms with Gasteiger partial charge in [0.1, 0.15) is 0 Å². The summed E-state index contributed by atoms with van der Waals surface area (Å²) in [4.78, 5) is 1.36. The van der Waals surface area contributed by atoms with Crippen LogP contribution >= 0.6 is 27.7 Å². The molecule has 2 aromatic carbocycles. The van der Waals surface area contributed by atoms with Gasteiger partial charge in [-0.05, 0) is 48.9 Å². The highest BCUT2D eigenvalue weighted by molar-refractivity contribution is 9.10. The average Bonchev–Trinajstić information content (AvgIpc) is 2.53. The van der Waals surface area contributed by atoms with Crippen molar-refractivity contribution in [2.75, 3.05) is 12.8 Å². The molecular weight excluding hydrogens is 342 g/mol. The number of nitrogens with one attached hydrogen (secondary N) is 1. The van der Waals surface area contributed by atoms with E-state index < -0.39 is 0 Å². The molecule has 1 nitrogen and oxygen atoms in total. The lowest BCUT2D eigenvalue weighted by atomic mass is 9.98. The van der Waals surface area contributed by atoms with Crippen molar-refractivity contribution in [3.63, 3.8) is 0 Å². The van der Waals surface area contributed by atoms with E-state index in [0.29, 0.717) is 6.04 Å². The van der Waals surface area contributed by atoms with Crippen LogP contribution in [-0.2, 0) is 6.42 Å². The molecular formula is C18H22BrNS. The van der Waals surface area contributed by atoms with Gasteiger partial charge in [-0.3, -0.25) is 0 Å². The lowest BCUT2D eigenvalue weighted by Gasteiger charge is -2.22. The Morgan fingerprint density at radius 1 is 1.10 bits per heavy atom. The molecule has 0 saturated heterocycles. The van der Waals surface area contributed by atoms with Gasteiger partial charge in [0.25, 0.3) is 0 Å². The molecule has 0 fully saturated rings. The molecule has 2 rings (SSSR count). The highest BCUT2D eigenvalue weighted by atomic mass is 79.9. The molecule has 21 heavy (non-hydrogen) atoms. The number of hydrogen-bond acceptors (Lipinski definition) is 2. The Morgan fingerprint density at radius 3 is 2.52 bits per heavy atom. The van der Waals surface area contributed by atoms with Crippen LogP contribution in [0.15, 0.2) is 57.9 Å². The quantitative estimate of drug-likeness (QED) is 0.655. The van der Waals surface area contributed by atoms with Gasteiger partial charge in [0, 0.05) is 15.4 Å². The van der Waals surface area contributed by atoms with Crippen LogP contribution in [0.4, 0.5) is 0 Å². The van der Waals surface area contributed by atoms with Gasteiger partial charge < -0.3 is 5.32 Å². The number of thioether (sulfide) groups is 1. The van der Waals surface area contributed by atoms with Gasteiger partial charge in [0.2, 0.25) is 0 Å². The molecule has 1 N–H and O–H groups in total. The molecule has 0 aliphatic rings. The third kappa shape index (κ3) is 4.60. The molecule has 0 aliphatic heterocycles. The summed E-state index contributed by atoms with van der Waals surface area (Å²) in [7, 11) is 0. The van der Waals surface area contributed by atoms with E-state index in [1.54, 1.807) is 0 Å². The normalized spacial score (nSPS) is 12.3. The van der Waals surface area contributed by atoms with E-state index in [-0.39, 0.29) is 0 Å². The minimum Gasteiger partial charge on any atom is -0.310 e. The lowest BCUT2D eigenvalue weighted by Crippen LogP contribution is -2.24. The van der Waals surface area contributed by atoms with Crippen molar-refractivity contribution in [3.8, 4) is 0 Å². The zero-order valence-corrected chi connectivity index (χ0v) is 15.0. The Bertz CT molecular complexity index is 571. The van der Waals surface area contributed by atoms with Crippen LogP contribution in [0.1, 0.15) is 30.5 Å². The minimum atomic E-state index is 0.354. The van der Waals surface area contributed by atoms with E-state index in [4.69, 9.17) is 0 Å². The number of rotatable bonds is 7. The van der Waals surface area contributed by atoms with Crippen LogP contribution in [0.3, 0.4) is 0 Å². The highest BCUT2D eigenvalue weighted by Gasteiger charge is 2.15. The zero-order chi connectivity index (χ0) is 15.1. The van der Waals surface area contributed by atoms with E-state index in [1.807, 2.05) is 11.8 Å². The third-order valence-corrected chi connectivity index (χ3v) is 5.12. The monoisotopic (exact) mass is 363 g/mol. The molecule has 1 unspecified atom stereocenters. The molecule has 2 aromatic rings. The summed E-state index contributed by atoms with van der Waals surface area (Å²) < 4.78 is 1.19. The van der Waals surface area contributed by atoms with E-state index in [1.165, 1.54) is 20.5 Å². The van der Waals surface area contributed by atoms with Crippen LogP contribution < -0.4 is 5.32 Å². The van der Waals surface area contributed by atoms with Crippen LogP contribution in [0, 0.1) is 0 Å². The summed E-state index contributed by atoms with van der Waals surface area (Å²) >= 11 is 5.49. The second-order valence-corrected chi connectivity index (χ2v) is 6.75. The van der Waals surface area contributed by atoms with Gasteiger partial charge in [-0.15, -0.1) is 11.8 Å². The van der Waals surface area contributed by atoms with E-state index >= 15 is 0 Å². The molecule has 0 spiro atoms. The number of halogens is 1. The van der Waals surface area contributed by atoms with Gasteiger partial charge in [-0.25, -0.2) is 0 Å². The number of hydrogen-bond donors (Lipinski definition) is 1. The van der Waals surface area contributed by atoms with Gasteiger partial charge in [0.15, 0.2) is 0 Å². The number of benzene rings is 2. The SMILES string of the molecule is CCCNC(Cc1ccccc1Br)c1ccccc1SC. The van der Waals surface area contributed by atoms with Crippen molar-refractivity contribution in [2.24, 2.45) is 0 Å². The van der Waals surface area contributed by atoms with Gasteiger partial charge in [-0.2, -0.15) is 0 Å². The largest absolute Gasteiger partial charge is 0.310 e. The van der Waals surface area contributed by atoms with Crippen molar-refractivity contribution in [2.45, 2.75) is 30.7 Å². The topological polar surface area (TPSA) is 12.0 Å².